The van der Waals surface area contributed by atoms with E-state index in [1.165, 1.54) is 4.31 Å². The molecule has 5 rings (SSSR count). The maximum atomic E-state index is 13.1. The number of esters is 1. The smallest absolute Gasteiger partial charge is 0.339 e. The van der Waals surface area contributed by atoms with E-state index >= 15 is 0 Å². The molecular weight excluding hydrogens is 416 g/mol. The Morgan fingerprint density at radius 1 is 1.03 bits per heavy atom. The van der Waals surface area contributed by atoms with Crippen molar-refractivity contribution in [3.63, 3.8) is 0 Å². The van der Waals surface area contributed by atoms with Crippen molar-refractivity contribution in [2.24, 2.45) is 0 Å². The number of hydrogen-bond donors (Lipinski definition) is 0. The van der Waals surface area contributed by atoms with Crippen LogP contribution in [-0.2, 0) is 26.0 Å². The van der Waals surface area contributed by atoms with Crippen LogP contribution < -0.4 is 4.90 Å². The van der Waals surface area contributed by atoms with Crippen LogP contribution in [0.5, 0.6) is 0 Å². The first-order chi connectivity index (χ1) is 14.9. The van der Waals surface area contributed by atoms with Gasteiger partial charge >= 0.3 is 5.97 Å². The fourth-order valence-electron chi connectivity index (χ4n) is 4.71. The van der Waals surface area contributed by atoms with Gasteiger partial charge in [0.15, 0.2) is 0 Å². The van der Waals surface area contributed by atoms with Gasteiger partial charge in [0.2, 0.25) is 15.9 Å². The largest absolute Gasteiger partial charge is 0.453 e. The minimum Gasteiger partial charge on any atom is -0.453 e. The normalized spacial score (nSPS) is 21.0. The molecule has 2 aromatic rings. The van der Waals surface area contributed by atoms with Crippen molar-refractivity contribution in [1.82, 2.24) is 4.31 Å². The van der Waals surface area contributed by atoms with E-state index in [1.54, 1.807) is 35.2 Å². The minimum absolute atomic E-state index is 0.0655. The molecule has 162 valence electrons. The van der Waals surface area contributed by atoms with E-state index < -0.39 is 22.1 Å². The summed E-state index contributed by atoms with van der Waals surface area (Å²) in [4.78, 5) is 27.2. The number of cyclic esters (lactones) is 1. The van der Waals surface area contributed by atoms with Crippen LogP contribution in [0.2, 0.25) is 0 Å². The van der Waals surface area contributed by atoms with Gasteiger partial charge in [0.1, 0.15) is 6.10 Å². The summed E-state index contributed by atoms with van der Waals surface area (Å²) in [5.41, 5.74) is 2.86. The van der Waals surface area contributed by atoms with Crippen LogP contribution in [0.15, 0.2) is 47.4 Å². The Hall–Kier alpha value is -2.71. The lowest BCUT2D eigenvalue weighted by atomic mass is 9.99. The molecule has 0 bridgehead atoms. The number of benzene rings is 2. The van der Waals surface area contributed by atoms with E-state index in [1.807, 2.05) is 12.1 Å². The molecule has 1 saturated heterocycles. The first kappa shape index (κ1) is 20.2. The fraction of sp³-hybridized carbons (Fsp3) is 0.391. The molecule has 1 atom stereocenters. The molecule has 0 unspecified atom stereocenters. The number of aryl methyl sites for hydroxylation is 1. The number of rotatable bonds is 4. The fourth-order valence-corrected chi connectivity index (χ4v) is 6.28. The summed E-state index contributed by atoms with van der Waals surface area (Å²) in [6.07, 6.45) is 2.74. The number of carbonyl (C=O) groups is 2. The summed E-state index contributed by atoms with van der Waals surface area (Å²) in [6, 6.07) is 12.2. The van der Waals surface area contributed by atoms with E-state index in [4.69, 9.17) is 4.74 Å². The molecule has 3 aliphatic rings. The van der Waals surface area contributed by atoms with Gasteiger partial charge in [0, 0.05) is 30.9 Å². The Morgan fingerprint density at radius 3 is 2.61 bits per heavy atom. The third-order valence-electron chi connectivity index (χ3n) is 6.31. The zero-order valence-electron chi connectivity index (χ0n) is 17.1. The standard InChI is InChI=1S/C23H24N2O5S/c26-22(15-21-18-7-1-2-8-19(18)23(27)30-21)25-13-5-6-16-14-17(9-10-20(16)25)31(28,29)24-11-3-4-12-24/h1-2,7-10,14,21H,3-6,11-13,15H2/t21-/m0/s1. The Bertz CT molecular complexity index is 1150. The molecule has 0 aromatic heterocycles. The van der Waals surface area contributed by atoms with Crippen LogP contribution >= 0.6 is 0 Å². The zero-order valence-corrected chi connectivity index (χ0v) is 17.9. The molecule has 0 saturated carbocycles. The number of amides is 1. The summed E-state index contributed by atoms with van der Waals surface area (Å²) in [7, 11) is -3.50. The molecule has 3 heterocycles. The van der Waals surface area contributed by atoms with Crippen molar-refractivity contribution in [3.8, 4) is 0 Å². The maximum absolute atomic E-state index is 13.1. The quantitative estimate of drug-likeness (QED) is 0.683. The molecule has 0 spiro atoms. The third-order valence-corrected chi connectivity index (χ3v) is 8.20. The molecule has 0 radical (unpaired) electrons. The molecular formula is C23H24N2O5S. The van der Waals surface area contributed by atoms with Crippen LogP contribution in [-0.4, -0.2) is 44.2 Å². The van der Waals surface area contributed by atoms with Gasteiger partial charge in [-0.15, -0.1) is 0 Å². The lowest BCUT2D eigenvalue weighted by molar-refractivity contribution is -0.120. The molecule has 1 fully saturated rings. The predicted octanol–water partition coefficient (Wildman–Crippen LogP) is 3.05. The number of hydrogen-bond acceptors (Lipinski definition) is 5. The highest BCUT2D eigenvalue weighted by molar-refractivity contribution is 7.89. The molecule has 7 nitrogen and oxygen atoms in total. The second-order valence-corrected chi connectivity index (χ2v) is 10.2. The van der Waals surface area contributed by atoms with Gasteiger partial charge in [-0.25, -0.2) is 13.2 Å². The topological polar surface area (TPSA) is 84.0 Å². The molecule has 3 aliphatic heterocycles. The van der Waals surface area contributed by atoms with Crippen LogP contribution in [0.1, 0.15) is 53.3 Å². The van der Waals surface area contributed by atoms with Gasteiger partial charge < -0.3 is 9.64 Å². The van der Waals surface area contributed by atoms with E-state index in [2.05, 4.69) is 0 Å². The van der Waals surface area contributed by atoms with Gasteiger partial charge in [-0.1, -0.05) is 18.2 Å². The lowest BCUT2D eigenvalue weighted by Gasteiger charge is -2.31. The maximum Gasteiger partial charge on any atom is 0.339 e. The van der Waals surface area contributed by atoms with Crippen LogP contribution in [0, 0.1) is 0 Å². The van der Waals surface area contributed by atoms with Gasteiger partial charge in [-0.3, -0.25) is 4.79 Å². The monoisotopic (exact) mass is 440 g/mol. The lowest BCUT2D eigenvalue weighted by Crippen LogP contribution is -2.36. The van der Waals surface area contributed by atoms with Crippen LogP contribution in [0.25, 0.3) is 0 Å². The molecule has 31 heavy (non-hydrogen) atoms. The van der Waals surface area contributed by atoms with E-state index in [-0.39, 0.29) is 12.3 Å². The highest BCUT2D eigenvalue weighted by Crippen LogP contribution is 2.36. The Balaban J connectivity index is 1.38. The number of nitrogens with zero attached hydrogens (tertiary/aromatic N) is 2. The van der Waals surface area contributed by atoms with Gasteiger partial charge in [0.25, 0.3) is 0 Å². The summed E-state index contributed by atoms with van der Waals surface area (Å²) in [6.45, 7) is 1.68. The predicted molar refractivity (Wildman–Crippen MR) is 114 cm³/mol. The Kier molecular flexibility index (Phi) is 5.06. The second kappa shape index (κ2) is 7.76. The van der Waals surface area contributed by atoms with E-state index in [0.717, 1.165) is 42.5 Å². The highest BCUT2D eigenvalue weighted by Gasteiger charge is 2.35. The Morgan fingerprint density at radius 2 is 1.81 bits per heavy atom. The zero-order chi connectivity index (χ0) is 21.6. The number of fused-ring (bicyclic) bond motifs is 2. The van der Waals surface area contributed by atoms with Crippen LogP contribution in [0.4, 0.5) is 5.69 Å². The minimum atomic E-state index is -3.50. The highest BCUT2D eigenvalue weighted by atomic mass is 32.2. The summed E-state index contributed by atoms with van der Waals surface area (Å²) >= 11 is 0. The SMILES string of the molecule is O=C1O[C@@H](CC(=O)N2CCCc3cc(S(=O)(=O)N4CCCC4)ccc32)c2ccccc21. The molecule has 1 amide bonds. The first-order valence-corrected chi connectivity index (χ1v) is 12.1. The molecule has 2 aromatic carbocycles. The van der Waals surface area contributed by atoms with Crippen molar-refractivity contribution >= 4 is 27.6 Å². The summed E-state index contributed by atoms with van der Waals surface area (Å²) < 4.78 is 32.8. The average Bonchev–Trinajstić information content (AvgIpc) is 3.43. The second-order valence-electron chi connectivity index (χ2n) is 8.24. The number of sulfonamides is 1. The van der Waals surface area contributed by atoms with Crippen molar-refractivity contribution in [1.29, 1.82) is 0 Å². The first-order valence-electron chi connectivity index (χ1n) is 10.7. The number of anilines is 1. The van der Waals surface area contributed by atoms with Gasteiger partial charge in [0.05, 0.1) is 16.9 Å². The average molecular weight is 441 g/mol. The van der Waals surface area contributed by atoms with Crippen molar-refractivity contribution in [2.45, 2.75) is 43.1 Å². The van der Waals surface area contributed by atoms with E-state index in [0.29, 0.717) is 30.1 Å². The van der Waals surface area contributed by atoms with Gasteiger partial charge in [-0.2, -0.15) is 4.31 Å². The number of carbonyl (C=O) groups excluding carboxylic acids is 2. The molecule has 8 heteroatoms. The third kappa shape index (κ3) is 3.53. The van der Waals surface area contributed by atoms with E-state index in [9.17, 15) is 18.0 Å². The Labute approximate surface area is 181 Å². The van der Waals surface area contributed by atoms with Gasteiger partial charge in [-0.05, 0) is 55.5 Å². The number of ether oxygens (including phenoxy) is 1. The van der Waals surface area contributed by atoms with Crippen LogP contribution in [0.3, 0.4) is 0 Å². The summed E-state index contributed by atoms with van der Waals surface area (Å²) in [5.74, 6) is -0.533. The van der Waals surface area contributed by atoms with Crippen molar-refractivity contribution < 1.29 is 22.7 Å². The molecule has 0 aliphatic carbocycles. The summed E-state index contributed by atoms with van der Waals surface area (Å²) in [5, 5.41) is 0. The van der Waals surface area contributed by atoms with Crippen molar-refractivity contribution in [3.05, 3.63) is 59.2 Å². The molecule has 0 N–H and O–H groups in total. The van der Waals surface area contributed by atoms with Crippen molar-refractivity contribution in [2.75, 3.05) is 24.5 Å².